The SMILES string of the molecule is CC#Cc1ccc(C(C)[C@H](C)C2CC[C@H]3[C@@H]4CCC5CC(C)(C)CCC5[C@H]4CC[C@]23C)c(C)c1. The van der Waals surface area contributed by atoms with E-state index in [0.29, 0.717) is 16.7 Å². The predicted molar refractivity (Wildman–Crippen MR) is 146 cm³/mol. The molecule has 4 saturated carbocycles. The number of rotatable bonds is 3. The third kappa shape index (κ3) is 4.08. The molecule has 186 valence electrons. The monoisotopic (exact) mass is 458 g/mol. The van der Waals surface area contributed by atoms with Crippen molar-refractivity contribution in [3.05, 3.63) is 34.9 Å². The highest BCUT2D eigenvalue weighted by Crippen LogP contribution is 2.66. The van der Waals surface area contributed by atoms with E-state index in [0.717, 1.165) is 47.0 Å². The maximum Gasteiger partial charge on any atom is 0.0247 e. The van der Waals surface area contributed by atoms with Crippen LogP contribution in [0.25, 0.3) is 0 Å². The average Bonchev–Trinajstić information content (AvgIpc) is 3.14. The van der Waals surface area contributed by atoms with Gasteiger partial charge in [0.05, 0.1) is 0 Å². The molecule has 0 heteroatoms. The summed E-state index contributed by atoms with van der Waals surface area (Å²) >= 11 is 0. The lowest BCUT2D eigenvalue weighted by atomic mass is 9.47. The van der Waals surface area contributed by atoms with Crippen molar-refractivity contribution in [3.63, 3.8) is 0 Å². The number of fused-ring (bicyclic) bond motifs is 5. The Kier molecular flexibility index (Phi) is 6.49. The summed E-state index contributed by atoms with van der Waals surface area (Å²) in [6.07, 6.45) is 13.6. The van der Waals surface area contributed by atoms with Gasteiger partial charge in [0, 0.05) is 5.56 Å². The van der Waals surface area contributed by atoms with Gasteiger partial charge in [0.2, 0.25) is 0 Å². The number of benzene rings is 1. The second-order valence-corrected chi connectivity index (χ2v) is 14.2. The first-order valence-corrected chi connectivity index (χ1v) is 14.7. The quantitative estimate of drug-likeness (QED) is 0.396. The van der Waals surface area contributed by atoms with Gasteiger partial charge >= 0.3 is 0 Å². The van der Waals surface area contributed by atoms with Crippen molar-refractivity contribution in [3.8, 4) is 11.8 Å². The van der Waals surface area contributed by atoms with Gasteiger partial charge < -0.3 is 0 Å². The Morgan fingerprint density at radius 3 is 2.38 bits per heavy atom. The van der Waals surface area contributed by atoms with E-state index in [4.69, 9.17) is 0 Å². The Hall–Kier alpha value is -1.22. The van der Waals surface area contributed by atoms with Crippen molar-refractivity contribution < 1.29 is 0 Å². The molecule has 0 radical (unpaired) electrons. The second-order valence-electron chi connectivity index (χ2n) is 14.2. The Labute approximate surface area is 211 Å². The van der Waals surface area contributed by atoms with Crippen LogP contribution in [0.1, 0.15) is 122 Å². The zero-order chi connectivity index (χ0) is 24.3. The fraction of sp³-hybridized carbons (Fsp3) is 0.765. The Morgan fingerprint density at radius 2 is 1.65 bits per heavy atom. The minimum atomic E-state index is 0.567. The molecule has 4 fully saturated rings. The van der Waals surface area contributed by atoms with Gasteiger partial charge in [-0.1, -0.05) is 46.6 Å². The minimum absolute atomic E-state index is 0.567. The van der Waals surface area contributed by atoms with Crippen LogP contribution in [0.2, 0.25) is 0 Å². The molecule has 4 unspecified atom stereocenters. The third-order valence-corrected chi connectivity index (χ3v) is 12.0. The highest BCUT2D eigenvalue weighted by atomic mass is 14.6. The third-order valence-electron chi connectivity index (χ3n) is 12.0. The van der Waals surface area contributed by atoms with Gasteiger partial charge in [-0.25, -0.2) is 0 Å². The Morgan fingerprint density at radius 1 is 0.882 bits per heavy atom. The zero-order valence-corrected chi connectivity index (χ0v) is 23.2. The maximum absolute atomic E-state index is 3.24. The van der Waals surface area contributed by atoms with Gasteiger partial charge in [0.15, 0.2) is 0 Å². The fourth-order valence-corrected chi connectivity index (χ4v) is 10.3. The van der Waals surface area contributed by atoms with Crippen LogP contribution in [0.15, 0.2) is 18.2 Å². The summed E-state index contributed by atoms with van der Waals surface area (Å²) in [5, 5.41) is 0. The molecule has 0 bridgehead atoms. The summed E-state index contributed by atoms with van der Waals surface area (Å²) in [6.45, 7) is 17.1. The van der Waals surface area contributed by atoms with E-state index in [9.17, 15) is 0 Å². The molecule has 0 amide bonds. The van der Waals surface area contributed by atoms with Crippen LogP contribution in [-0.4, -0.2) is 0 Å². The van der Waals surface area contributed by atoms with Crippen molar-refractivity contribution in [1.29, 1.82) is 0 Å². The summed E-state index contributed by atoms with van der Waals surface area (Å²) < 4.78 is 0. The molecule has 0 aliphatic heterocycles. The molecule has 0 saturated heterocycles. The molecule has 0 N–H and O–H groups in total. The van der Waals surface area contributed by atoms with Crippen molar-refractivity contribution in [2.45, 2.75) is 112 Å². The standard InChI is InChI=1S/C34H50/c1-8-9-25-10-12-27(22(2)20-25)23(3)24(4)31-14-15-32-30-13-11-26-21-33(5,6)18-16-28(26)29(30)17-19-34(31,32)7/h10,12,20,23-24,26,28-32H,11,13-19,21H2,1-7H3/t23?,24-,26?,28?,29+,30+,31?,32-,34+/m0/s1. The van der Waals surface area contributed by atoms with Crippen LogP contribution in [-0.2, 0) is 0 Å². The van der Waals surface area contributed by atoms with Crippen LogP contribution >= 0.6 is 0 Å². The summed E-state index contributed by atoms with van der Waals surface area (Å²) in [5.41, 5.74) is 5.32. The van der Waals surface area contributed by atoms with Gasteiger partial charge in [-0.3, -0.25) is 0 Å². The van der Waals surface area contributed by atoms with Gasteiger partial charge in [0.1, 0.15) is 0 Å². The van der Waals surface area contributed by atoms with Crippen molar-refractivity contribution in [1.82, 2.24) is 0 Å². The molecule has 4 aliphatic rings. The summed E-state index contributed by atoms with van der Waals surface area (Å²) in [7, 11) is 0. The second kappa shape index (κ2) is 9.02. The molecule has 5 rings (SSSR count). The fourth-order valence-electron chi connectivity index (χ4n) is 10.3. The molecule has 0 spiro atoms. The number of hydrogen-bond acceptors (Lipinski definition) is 0. The average molecular weight is 459 g/mol. The normalized spacial score (nSPS) is 40.2. The van der Waals surface area contributed by atoms with E-state index in [1.807, 2.05) is 6.92 Å². The van der Waals surface area contributed by atoms with E-state index < -0.39 is 0 Å². The number of hydrogen-bond donors (Lipinski definition) is 0. The molecule has 1 aromatic carbocycles. The van der Waals surface area contributed by atoms with E-state index in [1.54, 1.807) is 5.56 Å². The van der Waals surface area contributed by atoms with Crippen molar-refractivity contribution in [2.75, 3.05) is 0 Å². The maximum atomic E-state index is 3.24. The van der Waals surface area contributed by atoms with E-state index >= 15 is 0 Å². The molecular weight excluding hydrogens is 408 g/mol. The van der Waals surface area contributed by atoms with Crippen LogP contribution in [0, 0.1) is 71.0 Å². The Bertz CT molecular complexity index is 956. The van der Waals surface area contributed by atoms with Crippen molar-refractivity contribution in [2.24, 2.45) is 52.3 Å². The zero-order valence-electron chi connectivity index (χ0n) is 23.2. The van der Waals surface area contributed by atoms with Crippen molar-refractivity contribution >= 4 is 0 Å². The highest BCUT2D eigenvalue weighted by molar-refractivity contribution is 5.41. The molecular formula is C34H50. The van der Waals surface area contributed by atoms with Crippen LogP contribution in [0.3, 0.4) is 0 Å². The number of aryl methyl sites for hydroxylation is 1. The van der Waals surface area contributed by atoms with Gasteiger partial charge in [-0.2, -0.15) is 0 Å². The highest BCUT2D eigenvalue weighted by Gasteiger charge is 2.58. The summed E-state index contributed by atoms with van der Waals surface area (Å²) in [5.74, 6) is 13.7. The molecule has 0 heterocycles. The van der Waals surface area contributed by atoms with Gasteiger partial charge in [-0.05, 0) is 153 Å². The van der Waals surface area contributed by atoms with Crippen LogP contribution in [0.5, 0.6) is 0 Å². The van der Waals surface area contributed by atoms with E-state index in [1.165, 1.54) is 63.4 Å². The first kappa shape index (κ1) is 24.5. The Balaban J connectivity index is 1.33. The summed E-state index contributed by atoms with van der Waals surface area (Å²) in [4.78, 5) is 0. The van der Waals surface area contributed by atoms with Crippen LogP contribution in [0.4, 0.5) is 0 Å². The van der Waals surface area contributed by atoms with E-state index in [-0.39, 0.29) is 0 Å². The lowest BCUT2D eigenvalue weighted by molar-refractivity contribution is -0.0817. The van der Waals surface area contributed by atoms with E-state index in [2.05, 4.69) is 71.6 Å². The molecule has 9 atom stereocenters. The lowest BCUT2D eigenvalue weighted by Crippen LogP contribution is -2.50. The largest absolute Gasteiger partial charge is 0.101 e. The molecule has 34 heavy (non-hydrogen) atoms. The van der Waals surface area contributed by atoms with Gasteiger partial charge in [0.25, 0.3) is 0 Å². The molecule has 0 nitrogen and oxygen atoms in total. The van der Waals surface area contributed by atoms with Crippen LogP contribution < -0.4 is 0 Å². The first-order chi connectivity index (χ1) is 16.1. The molecule has 0 aromatic heterocycles. The topological polar surface area (TPSA) is 0 Å². The molecule has 4 aliphatic carbocycles. The predicted octanol–water partition coefficient (Wildman–Crippen LogP) is 9.40. The smallest absolute Gasteiger partial charge is 0.0247 e. The van der Waals surface area contributed by atoms with Gasteiger partial charge in [-0.15, -0.1) is 5.92 Å². The minimum Gasteiger partial charge on any atom is -0.101 e. The molecule has 1 aromatic rings. The lowest BCUT2D eigenvalue weighted by Gasteiger charge is -2.58. The first-order valence-electron chi connectivity index (χ1n) is 14.7. The summed E-state index contributed by atoms with van der Waals surface area (Å²) in [6, 6.07) is 6.94.